The van der Waals surface area contributed by atoms with E-state index in [9.17, 15) is 18.0 Å². The van der Waals surface area contributed by atoms with Crippen LogP contribution in [0.2, 0.25) is 0 Å². The summed E-state index contributed by atoms with van der Waals surface area (Å²) in [5.41, 5.74) is 4.13. The lowest BCUT2D eigenvalue weighted by Gasteiger charge is -2.38. The molecule has 38 heavy (non-hydrogen) atoms. The van der Waals surface area contributed by atoms with Gasteiger partial charge in [0.05, 0.1) is 35.5 Å². The molecule has 12 heteroatoms. The van der Waals surface area contributed by atoms with E-state index in [1.54, 1.807) is 13.0 Å². The van der Waals surface area contributed by atoms with Gasteiger partial charge in [0.2, 0.25) is 0 Å². The number of carbonyl (C=O) groups is 1. The average molecular weight is 527 g/mol. The van der Waals surface area contributed by atoms with Crippen molar-refractivity contribution >= 4 is 27.7 Å². The van der Waals surface area contributed by atoms with E-state index in [0.29, 0.717) is 53.8 Å². The van der Waals surface area contributed by atoms with Crippen LogP contribution in [0.1, 0.15) is 39.3 Å². The number of H-pyrrole nitrogens is 1. The quantitative estimate of drug-likeness (QED) is 0.275. The summed E-state index contributed by atoms with van der Waals surface area (Å²) in [5, 5.41) is 17.1. The number of aryl methyl sites for hydroxylation is 2. The van der Waals surface area contributed by atoms with Gasteiger partial charge in [0.1, 0.15) is 5.69 Å². The maximum atomic E-state index is 14.3. The number of alkyl halides is 3. The lowest BCUT2D eigenvalue weighted by molar-refractivity contribution is -0.136. The highest BCUT2D eigenvalue weighted by Crippen LogP contribution is 2.44. The van der Waals surface area contributed by atoms with Crippen LogP contribution in [0.15, 0.2) is 24.4 Å². The number of carbonyl (C=O) groups excluding carboxylic acids is 1. The molecule has 198 valence electrons. The van der Waals surface area contributed by atoms with Gasteiger partial charge in [0, 0.05) is 47.4 Å². The Morgan fingerprint density at radius 3 is 2.68 bits per heavy atom. The molecule has 0 radical (unpaired) electrons. The largest absolute Gasteiger partial charge is 0.418 e. The third-order valence-electron chi connectivity index (χ3n) is 7.58. The van der Waals surface area contributed by atoms with E-state index in [1.807, 2.05) is 0 Å². The molecule has 4 aromatic rings. The topological polar surface area (TPSA) is 116 Å². The summed E-state index contributed by atoms with van der Waals surface area (Å²) in [7, 11) is 0. The van der Waals surface area contributed by atoms with Crippen molar-refractivity contribution in [3.8, 4) is 11.3 Å². The van der Waals surface area contributed by atoms with Crippen LogP contribution >= 0.6 is 0 Å². The molecule has 3 aromatic heterocycles. The second-order valence-electron chi connectivity index (χ2n) is 9.72. The number of fused-ring (bicyclic) bond motifs is 5. The minimum absolute atomic E-state index is 0.0242. The molecule has 3 N–H and O–H groups in total. The van der Waals surface area contributed by atoms with E-state index in [4.69, 9.17) is 9.94 Å². The summed E-state index contributed by atoms with van der Waals surface area (Å²) in [5.74, 6) is -0.783. The minimum Gasteiger partial charge on any atom is -0.379 e. The van der Waals surface area contributed by atoms with Gasteiger partial charge in [0.15, 0.2) is 0 Å². The number of halogens is 3. The van der Waals surface area contributed by atoms with Crippen molar-refractivity contribution in [3.05, 3.63) is 52.5 Å². The van der Waals surface area contributed by atoms with Gasteiger partial charge in [-0.1, -0.05) is 0 Å². The number of benzene rings is 1. The van der Waals surface area contributed by atoms with Gasteiger partial charge in [-0.2, -0.15) is 18.3 Å². The van der Waals surface area contributed by atoms with Crippen molar-refractivity contribution in [1.29, 1.82) is 0 Å². The second-order valence-corrected chi connectivity index (χ2v) is 9.72. The Morgan fingerprint density at radius 1 is 1.21 bits per heavy atom. The van der Waals surface area contributed by atoms with Gasteiger partial charge >= 0.3 is 6.18 Å². The monoisotopic (exact) mass is 526 g/mol. The number of pyridine rings is 2. The van der Waals surface area contributed by atoms with Crippen molar-refractivity contribution in [3.63, 3.8) is 0 Å². The highest BCUT2D eigenvalue weighted by molar-refractivity contribution is 6.10. The summed E-state index contributed by atoms with van der Waals surface area (Å²) in [6, 6.07) is 4.26. The molecule has 2 aliphatic rings. The van der Waals surface area contributed by atoms with Crippen molar-refractivity contribution in [1.82, 2.24) is 30.5 Å². The molecule has 1 saturated heterocycles. The molecule has 1 unspecified atom stereocenters. The first kappa shape index (κ1) is 24.7. The number of aromatic amines is 1. The zero-order chi connectivity index (χ0) is 26.6. The van der Waals surface area contributed by atoms with E-state index in [2.05, 4.69) is 25.1 Å². The number of nitrogens with zero attached hydrogens (tertiary/aromatic N) is 4. The lowest BCUT2D eigenvalue weighted by atomic mass is 9.81. The predicted molar refractivity (Wildman–Crippen MR) is 132 cm³/mol. The smallest absolute Gasteiger partial charge is 0.379 e. The van der Waals surface area contributed by atoms with Crippen molar-refractivity contribution in [2.45, 2.75) is 38.4 Å². The molecule has 1 aliphatic carbocycles. The summed E-state index contributed by atoms with van der Waals surface area (Å²) in [4.78, 5) is 22.9. The molecule has 1 aliphatic heterocycles. The van der Waals surface area contributed by atoms with Crippen LogP contribution in [0.25, 0.3) is 33.1 Å². The zero-order valence-corrected chi connectivity index (χ0v) is 20.5. The number of morpholine rings is 1. The van der Waals surface area contributed by atoms with Gasteiger partial charge in [0.25, 0.3) is 5.91 Å². The van der Waals surface area contributed by atoms with Crippen LogP contribution in [0.4, 0.5) is 13.2 Å². The first-order valence-electron chi connectivity index (χ1n) is 12.4. The van der Waals surface area contributed by atoms with Gasteiger partial charge in [-0.25, -0.2) is 10.5 Å². The third-order valence-corrected chi connectivity index (χ3v) is 7.58. The molecule has 0 bridgehead atoms. The van der Waals surface area contributed by atoms with Crippen molar-refractivity contribution < 1.29 is 27.9 Å². The zero-order valence-electron chi connectivity index (χ0n) is 20.5. The molecule has 9 nitrogen and oxygen atoms in total. The second kappa shape index (κ2) is 9.29. The van der Waals surface area contributed by atoms with Crippen LogP contribution in [-0.2, 0) is 23.8 Å². The standard InChI is InChI=1S/C26H25F3N6O3/c1-13-21-20(33-32-13)11-18(26(27,28)29)24-22(21)16-4-3-15(35-6-8-38-9-7-35)10-17(16)23(31-24)14-2-5-19(30-12-14)25(36)34-37/h2,5,11-12,15,37H,3-4,6-10H2,1H3,(H,32,33)(H,34,36). The number of hydroxylamine groups is 1. The van der Waals surface area contributed by atoms with Gasteiger partial charge in [-0.05, 0) is 55.5 Å². The van der Waals surface area contributed by atoms with E-state index in [0.717, 1.165) is 36.7 Å². The van der Waals surface area contributed by atoms with E-state index < -0.39 is 17.6 Å². The number of nitrogens with one attached hydrogen (secondary N) is 2. The van der Waals surface area contributed by atoms with Crippen LogP contribution in [0, 0.1) is 6.92 Å². The molecule has 0 spiro atoms. The SMILES string of the molecule is Cc1[nH]nc2cc(C(F)(F)F)c3nc(-c4ccc(C(=O)NO)nc4)c4c(c3c12)CCC(N1CCOCC1)C4. The highest BCUT2D eigenvalue weighted by atomic mass is 19.4. The average Bonchev–Trinajstić information content (AvgIpc) is 3.31. The molecular formula is C26H25F3N6O3. The Balaban J connectivity index is 1.62. The fraction of sp³-hybridized carbons (Fsp3) is 0.385. The first-order valence-corrected chi connectivity index (χ1v) is 12.4. The Bertz CT molecular complexity index is 1540. The van der Waals surface area contributed by atoms with Crippen LogP contribution in [-0.4, -0.2) is 68.5 Å². The number of amides is 1. The fourth-order valence-corrected chi connectivity index (χ4v) is 5.79. The fourth-order valence-electron chi connectivity index (χ4n) is 5.79. The first-order chi connectivity index (χ1) is 18.3. The molecule has 1 aromatic carbocycles. The lowest BCUT2D eigenvalue weighted by Crippen LogP contribution is -2.46. The molecule has 0 saturated carbocycles. The van der Waals surface area contributed by atoms with E-state index >= 15 is 0 Å². The van der Waals surface area contributed by atoms with Crippen LogP contribution in [0.5, 0.6) is 0 Å². The minimum atomic E-state index is -4.63. The number of hydrogen-bond acceptors (Lipinski definition) is 7. The van der Waals surface area contributed by atoms with Crippen molar-refractivity contribution in [2.75, 3.05) is 26.3 Å². The predicted octanol–water partition coefficient (Wildman–Crippen LogP) is 3.81. The number of hydrogen-bond donors (Lipinski definition) is 3. The number of aromatic nitrogens is 4. The van der Waals surface area contributed by atoms with Gasteiger partial charge in [-0.3, -0.25) is 25.0 Å². The summed E-state index contributed by atoms with van der Waals surface area (Å²) in [6.45, 7) is 4.69. The maximum Gasteiger partial charge on any atom is 0.418 e. The summed E-state index contributed by atoms with van der Waals surface area (Å²) < 4.78 is 48.5. The van der Waals surface area contributed by atoms with Gasteiger partial charge < -0.3 is 4.74 Å². The molecule has 1 amide bonds. The number of rotatable bonds is 3. The Labute approximate surface area is 215 Å². The Morgan fingerprint density at radius 2 is 2.00 bits per heavy atom. The van der Waals surface area contributed by atoms with E-state index in [-0.39, 0.29) is 22.8 Å². The third kappa shape index (κ3) is 4.08. The molecule has 1 fully saturated rings. The molecule has 6 rings (SSSR count). The van der Waals surface area contributed by atoms with Gasteiger partial charge in [-0.15, -0.1) is 0 Å². The molecule has 1 atom stereocenters. The summed E-state index contributed by atoms with van der Waals surface area (Å²) in [6.07, 6.45) is -1.23. The van der Waals surface area contributed by atoms with Crippen LogP contribution < -0.4 is 5.48 Å². The number of ether oxygens (including phenoxy) is 1. The highest BCUT2D eigenvalue weighted by Gasteiger charge is 2.37. The van der Waals surface area contributed by atoms with E-state index in [1.165, 1.54) is 17.7 Å². The Hall–Kier alpha value is -3.61. The Kier molecular flexibility index (Phi) is 6.04. The summed E-state index contributed by atoms with van der Waals surface area (Å²) >= 11 is 0. The molecular weight excluding hydrogens is 501 g/mol. The normalized spacial score (nSPS) is 18.6. The van der Waals surface area contributed by atoms with Crippen molar-refractivity contribution in [2.24, 2.45) is 0 Å². The maximum absolute atomic E-state index is 14.3. The molecule has 4 heterocycles. The van der Waals surface area contributed by atoms with Crippen LogP contribution in [0.3, 0.4) is 0 Å².